The molecule has 1 aliphatic rings. The molecule has 0 saturated heterocycles. The lowest BCUT2D eigenvalue weighted by Gasteiger charge is -2.27. The van der Waals surface area contributed by atoms with Crippen molar-refractivity contribution in [3.63, 3.8) is 0 Å². The molecule has 0 aliphatic carbocycles. The quantitative estimate of drug-likeness (QED) is 0.708. The Hall–Kier alpha value is -2.08. The Morgan fingerprint density at radius 2 is 1.70 bits per heavy atom. The number of sulfonamides is 1. The molecule has 0 bridgehead atoms. The molecule has 0 atom stereocenters. The first-order valence-electron chi connectivity index (χ1n) is 8.76. The highest BCUT2D eigenvalue weighted by atomic mass is 35.5. The molecule has 0 unspecified atom stereocenters. The fourth-order valence-electron chi connectivity index (χ4n) is 3.67. The number of rotatable bonds is 3. The molecule has 4 nitrogen and oxygen atoms in total. The summed E-state index contributed by atoms with van der Waals surface area (Å²) in [6.07, 6.45) is 0.939. The van der Waals surface area contributed by atoms with E-state index < -0.39 is 10.0 Å². The number of likely N-dealkylation sites (N-methyl/N-ethyl adjacent to an activating group) is 1. The van der Waals surface area contributed by atoms with Crippen molar-refractivity contribution in [2.75, 3.05) is 18.3 Å². The summed E-state index contributed by atoms with van der Waals surface area (Å²) < 4.78 is 29.2. The summed E-state index contributed by atoms with van der Waals surface area (Å²) in [7, 11) is -1.62. The van der Waals surface area contributed by atoms with E-state index in [4.69, 9.17) is 0 Å². The van der Waals surface area contributed by atoms with Crippen LogP contribution in [-0.4, -0.2) is 26.9 Å². The molecule has 1 N–H and O–H groups in total. The predicted octanol–water partition coefficient (Wildman–Crippen LogP) is 4.36. The number of hydrogen-bond acceptors (Lipinski definition) is 3. The standard InChI is InChI=1S/C21H22N2O2S.ClH/c1-15-10-11-21(18-8-4-3-7-17(15)18)26(24,25)22-20-9-5-6-16-12-13-23(2)14-19(16)20;/h3-11,22H,12-14H2,1-2H3;1H. The average molecular weight is 403 g/mol. The van der Waals surface area contributed by atoms with Crippen LogP contribution < -0.4 is 4.72 Å². The van der Waals surface area contributed by atoms with Crippen LogP contribution >= 0.6 is 12.4 Å². The minimum Gasteiger partial charge on any atom is -0.302 e. The molecular weight excluding hydrogens is 380 g/mol. The molecule has 6 heteroatoms. The highest BCUT2D eigenvalue weighted by Crippen LogP contribution is 2.30. The normalized spacial score (nSPS) is 14.4. The molecule has 0 aromatic heterocycles. The molecule has 27 heavy (non-hydrogen) atoms. The van der Waals surface area contributed by atoms with Crippen molar-refractivity contribution in [2.24, 2.45) is 0 Å². The van der Waals surface area contributed by atoms with Gasteiger partial charge in [0.2, 0.25) is 0 Å². The second kappa shape index (κ2) is 7.50. The molecule has 1 heterocycles. The van der Waals surface area contributed by atoms with Gasteiger partial charge in [-0.2, -0.15) is 0 Å². The fraction of sp³-hybridized carbons (Fsp3) is 0.238. The maximum Gasteiger partial charge on any atom is 0.262 e. The summed E-state index contributed by atoms with van der Waals surface area (Å²) in [5, 5.41) is 1.71. The number of fused-ring (bicyclic) bond motifs is 2. The van der Waals surface area contributed by atoms with Crippen LogP contribution in [0.1, 0.15) is 16.7 Å². The van der Waals surface area contributed by atoms with E-state index in [9.17, 15) is 8.42 Å². The molecule has 0 amide bonds. The van der Waals surface area contributed by atoms with E-state index >= 15 is 0 Å². The van der Waals surface area contributed by atoms with Gasteiger partial charge in [0.15, 0.2) is 0 Å². The van der Waals surface area contributed by atoms with Gasteiger partial charge in [0, 0.05) is 18.5 Å². The minimum absolute atomic E-state index is 0. The smallest absolute Gasteiger partial charge is 0.262 e. The number of anilines is 1. The van der Waals surface area contributed by atoms with Crippen LogP contribution in [0.2, 0.25) is 0 Å². The van der Waals surface area contributed by atoms with Gasteiger partial charge in [0.25, 0.3) is 10.0 Å². The minimum atomic E-state index is -3.68. The summed E-state index contributed by atoms with van der Waals surface area (Å²) in [5.74, 6) is 0. The van der Waals surface area contributed by atoms with E-state index in [1.54, 1.807) is 6.07 Å². The Kier molecular flexibility index (Phi) is 5.47. The summed E-state index contributed by atoms with van der Waals surface area (Å²) in [4.78, 5) is 2.53. The summed E-state index contributed by atoms with van der Waals surface area (Å²) in [5.41, 5.74) is 4.04. The van der Waals surface area contributed by atoms with Gasteiger partial charge in [-0.1, -0.05) is 42.5 Å². The van der Waals surface area contributed by atoms with Crippen LogP contribution in [0.25, 0.3) is 10.8 Å². The molecule has 0 radical (unpaired) electrons. The monoisotopic (exact) mass is 402 g/mol. The van der Waals surface area contributed by atoms with Crippen molar-refractivity contribution in [2.45, 2.75) is 24.8 Å². The van der Waals surface area contributed by atoms with Crippen molar-refractivity contribution in [3.05, 3.63) is 71.3 Å². The van der Waals surface area contributed by atoms with Crippen molar-refractivity contribution < 1.29 is 8.42 Å². The molecule has 142 valence electrons. The van der Waals surface area contributed by atoms with Crippen LogP contribution in [0.3, 0.4) is 0 Å². The Balaban J connectivity index is 0.00000210. The van der Waals surface area contributed by atoms with E-state index in [1.807, 2.05) is 49.4 Å². The lowest BCUT2D eigenvalue weighted by atomic mass is 9.99. The Bertz CT molecular complexity index is 1100. The van der Waals surface area contributed by atoms with Gasteiger partial charge in [0.05, 0.1) is 10.6 Å². The van der Waals surface area contributed by atoms with Crippen LogP contribution in [-0.2, 0) is 23.0 Å². The van der Waals surface area contributed by atoms with E-state index in [0.717, 1.165) is 41.4 Å². The first kappa shape index (κ1) is 19.7. The Labute approximate surface area is 166 Å². The molecule has 1 aliphatic heterocycles. The van der Waals surface area contributed by atoms with Gasteiger partial charge < -0.3 is 4.90 Å². The summed E-state index contributed by atoms with van der Waals surface area (Å²) >= 11 is 0. The molecule has 4 rings (SSSR count). The lowest BCUT2D eigenvalue weighted by Crippen LogP contribution is -2.28. The van der Waals surface area contributed by atoms with Crippen LogP contribution in [0.5, 0.6) is 0 Å². The maximum absolute atomic E-state index is 13.2. The SMILES string of the molecule is Cc1ccc(S(=O)(=O)Nc2cccc3c2CN(C)CC3)c2ccccc12.Cl. The number of nitrogens with one attached hydrogen (secondary N) is 1. The van der Waals surface area contributed by atoms with Gasteiger partial charge in [-0.15, -0.1) is 12.4 Å². The van der Waals surface area contributed by atoms with Gasteiger partial charge >= 0.3 is 0 Å². The van der Waals surface area contributed by atoms with E-state index in [-0.39, 0.29) is 12.4 Å². The zero-order chi connectivity index (χ0) is 18.3. The van der Waals surface area contributed by atoms with Gasteiger partial charge in [-0.3, -0.25) is 4.72 Å². The highest BCUT2D eigenvalue weighted by molar-refractivity contribution is 7.93. The zero-order valence-electron chi connectivity index (χ0n) is 15.4. The number of nitrogens with zero attached hydrogens (tertiary/aromatic N) is 1. The van der Waals surface area contributed by atoms with E-state index in [0.29, 0.717) is 10.6 Å². The predicted molar refractivity (Wildman–Crippen MR) is 113 cm³/mol. The maximum atomic E-state index is 13.2. The molecular formula is C21H23ClN2O2S. The van der Waals surface area contributed by atoms with Crippen LogP contribution in [0.4, 0.5) is 5.69 Å². The number of benzene rings is 3. The topological polar surface area (TPSA) is 49.4 Å². The third-order valence-corrected chi connectivity index (χ3v) is 6.52. The van der Waals surface area contributed by atoms with E-state index in [1.165, 1.54) is 5.56 Å². The number of aryl methyl sites for hydroxylation is 1. The second-order valence-corrected chi connectivity index (χ2v) is 8.61. The molecule has 0 spiro atoms. The van der Waals surface area contributed by atoms with Crippen molar-refractivity contribution >= 4 is 38.9 Å². The third kappa shape index (κ3) is 3.68. The number of halogens is 1. The van der Waals surface area contributed by atoms with Crippen molar-refractivity contribution in [1.82, 2.24) is 4.90 Å². The van der Waals surface area contributed by atoms with Gasteiger partial charge in [0.1, 0.15) is 0 Å². The largest absolute Gasteiger partial charge is 0.302 e. The zero-order valence-corrected chi connectivity index (χ0v) is 17.0. The average Bonchev–Trinajstić information content (AvgIpc) is 2.62. The molecule has 0 saturated carbocycles. The third-order valence-electron chi connectivity index (χ3n) is 5.10. The first-order valence-corrected chi connectivity index (χ1v) is 10.2. The van der Waals surface area contributed by atoms with E-state index in [2.05, 4.69) is 22.7 Å². The van der Waals surface area contributed by atoms with Gasteiger partial charge in [-0.05, 0) is 54.6 Å². The van der Waals surface area contributed by atoms with Gasteiger partial charge in [-0.25, -0.2) is 8.42 Å². The number of hydrogen-bond donors (Lipinski definition) is 1. The second-order valence-electron chi connectivity index (χ2n) is 6.96. The molecule has 3 aromatic rings. The summed E-state index contributed by atoms with van der Waals surface area (Å²) in [6, 6.07) is 17.1. The Morgan fingerprint density at radius 1 is 0.963 bits per heavy atom. The lowest BCUT2D eigenvalue weighted by molar-refractivity contribution is 0.313. The fourth-order valence-corrected chi connectivity index (χ4v) is 4.97. The van der Waals surface area contributed by atoms with Crippen LogP contribution in [0.15, 0.2) is 59.5 Å². The summed E-state index contributed by atoms with van der Waals surface area (Å²) in [6.45, 7) is 3.74. The Morgan fingerprint density at radius 3 is 2.48 bits per heavy atom. The molecule has 0 fully saturated rings. The highest BCUT2D eigenvalue weighted by Gasteiger charge is 2.22. The first-order chi connectivity index (χ1) is 12.5. The van der Waals surface area contributed by atoms with Crippen molar-refractivity contribution in [1.29, 1.82) is 0 Å². The van der Waals surface area contributed by atoms with Crippen LogP contribution in [0, 0.1) is 6.92 Å². The van der Waals surface area contributed by atoms with Crippen molar-refractivity contribution in [3.8, 4) is 0 Å². The molecule has 3 aromatic carbocycles.